The predicted octanol–water partition coefficient (Wildman–Crippen LogP) is 0.0952. The Morgan fingerprint density at radius 1 is 1.17 bits per heavy atom. The molecule has 0 saturated carbocycles. The molecule has 0 aliphatic rings. The van der Waals surface area contributed by atoms with Gasteiger partial charge in [-0.1, -0.05) is 12.1 Å². The van der Waals surface area contributed by atoms with Gasteiger partial charge in [-0.05, 0) is 23.8 Å². The Morgan fingerprint density at radius 2 is 1.72 bits per heavy atom. The topological polar surface area (TPSA) is 86.8 Å². The number of rotatable bonds is 6. The molecule has 0 aliphatic carbocycles. The van der Waals surface area contributed by atoms with Gasteiger partial charge < -0.3 is 20.8 Å². The number of carbonyl (C=O) groups is 1. The minimum absolute atomic E-state index is 0.124. The van der Waals surface area contributed by atoms with Gasteiger partial charge in [0.15, 0.2) is 0 Å². The Labute approximate surface area is 106 Å². The van der Waals surface area contributed by atoms with Crippen molar-refractivity contribution in [3.05, 3.63) is 35.9 Å². The lowest BCUT2D eigenvalue weighted by atomic mass is 10.2. The lowest BCUT2D eigenvalue weighted by Crippen LogP contribution is -2.34. The van der Waals surface area contributed by atoms with Crippen molar-refractivity contribution in [1.29, 1.82) is 0 Å². The first-order valence-electron chi connectivity index (χ1n) is 5.71. The van der Waals surface area contributed by atoms with Crippen LogP contribution in [-0.2, 0) is 4.79 Å². The van der Waals surface area contributed by atoms with Crippen LogP contribution in [0.15, 0.2) is 30.3 Å². The Bertz CT molecular complexity index is 395. The Morgan fingerprint density at radius 3 is 2.22 bits per heavy atom. The van der Waals surface area contributed by atoms with Crippen LogP contribution in [0.5, 0.6) is 0 Å². The average molecular weight is 250 g/mol. The van der Waals surface area contributed by atoms with Crippen LogP contribution in [0.4, 0.5) is 5.69 Å². The third-order valence-corrected chi connectivity index (χ3v) is 2.41. The third-order valence-electron chi connectivity index (χ3n) is 2.41. The number of hydrogen-bond acceptors (Lipinski definition) is 4. The third kappa shape index (κ3) is 4.57. The van der Waals surface area contributed by atoms with Gasteiger partial charge in [0.05, 0.1) is 13.2 Å². The molecule has 0 aliphatic heterocycles. The molecule has 0 aromatic heterocycles. The molecular weight excluding hydrogens is 232 g/mol. The minimum Gasteiger partial charge on any atom is -0.399 e. The minimum atomic E-state index is -0.241. The Hall–Kier alpha value is -1.85. The number of carbonyl (C=O) groups excluding carboxylic acids is 1. The zero-order valence-electron chi connectivity index (χ0n) is 10.1. The molecule has 1 aromatic carbocycles. The molecule has 0 spiro atoms. The number of nitrogen functional groups attached to an aromatic ring is 1. The van der Waals surface area contributed by atoms with E-state index in [4.69, 9.17) is 15.9 Å². The van der Waals surface area contributed by atoms with Crippen molar-refractivity contribution in [3.63, 3.8) is 0 Å². The second kappa shape index (κ2) is 7.47. The molecule has 0 heterocycles. The zero-order chi connectivity index (χ0) is 13.4. The van der Waals surface area contributed by atoms with Crippen LogP contribution in [-0.4, -0.2) is 47.3 Å². The van der Waals surface area contributed by atoms with Gasteiger partial charge in [-0.25, -0.2) is 0 Å². The first-order valence-corrected chi connectivity index (χ1v) is 5.71. The maximum Gasteiger partial charge on any atom is 0.246 e. The lowest BCUT2D eigenvalue weighted by Gasteiger charge is -2.18. The van der Waals surface area contributed by atoms with E-state index in [1.54, 1.807) is 18.2 Å². The summed E-state index contributed by atoms with van der Waals surface area (Å²) >= 11 is 0. The molecular formula is C13H18N2O3. The molecule has 5 heteroatoms. The smallest absolute Gasteiger partial charge is 0.246 e. The van der Waals surface area contributed by atoms with E-state index in [1.165, 1.54) is 11.0 Å². The summed E-state index contributed by atoms with van der Waals surface area (Å²) in [4.78, 5) is 13.1. The van der Waals surface area contributed by atoms with E-state index < -0.39 is 0 Å². The van der Waals surface area contributed by atoms with E-state index >= 15 is 0 Å². The number of aliphatic hydroxyl groups is 2. The number of nitrogens with zero attached hydrogens (tertiary/aromatic N) is 1. The van der Waals surface area contributed by atoms with E-state index in [-0.39, 0.29) is 32.2 Å². The SMILES string of the molecule is Nc1ccc(/C=C/C(=O)N(CCO)CCO)cc1. The summed E-state index contributed by atoms with van der Waals surface area (Å²) in [6.45, 7) is 0.180. The number of anilines is 1. The number of nitrogens with two attached hydrogens (primary N) is 1. The normalized spacial score (nSPS) is 10.8. The van der Waals surface area contributed by atoms with Gasteiger partial charge in [-0.3, -0.25) is 4.79 Å². The van der Waals surface area contributed by atoms with Crippen LogP contribution in [0.1, 0.15) is 5.56 Å². The Kier molecular flexibility index (Phi) is 5.90. The molecule has 0 bridgehead atoms. The summed E-state index contributed by atoms with van der Waals surface area (Å²) in [6, 6.07) is 7.12. The van der Waals surface area contributed by atoms with Crippen molar-refractivity contribution < 1.29 is 15.0 Å². The van der Waals surface area contributed by atoms with E-state index in [9.17, 15) is 4.79 Å². The van der Waals surface area contributed by atoms with Crippen molar-refractivity contribution in [3.8, 4) is 0 Å². The summed E-state index contributed by atoms with van der Waals surface area (Å²) in [5.41, 5.74) is 7.09. The molecule has 0 atom stereocenters. The van der Waals surface area contributed by atoms with Crippen LogP contribution in [0.2, 0.25) is 0 Å². The summed E-state index contributed by atoms with van der Waals surface area (Å²) in [7, 11) is 0. The van der Waals surface area contributed by atoms with Crippen LogP contribution >= 0.6 is 0 Å². The standard InChI is InChI=1S/C13H18N2O3/c14-12-4-1-11(2-5-12)3-6-13(18)15(7-9-16)8-10-17/h1-6,16-17H,7-10,14H2/b6-3+. The van der Waals surface area contributed by atoms with Gasteiger partial charge in [0.1, 0.15) is 0 Å². The van der Waals surface area contributed by atoms with Gasteiger partial charge in [0.2, 0.25) is 5.91 Å². The highest BCUT2D eigenvalue weighted by molar-refractivity contribution is 5.91. The summed E-state index contributed by atoms with van der Waals surface area (Å²) in [6.07, 6.45) is 3.08. The van der Waals surface area contributed by atoms with Crippen molar-refractivity contribution in [1.82, 2.24) is 4.90 Å². The first kappa shape index (κ1) is 14.2. The molecule has 4 N–H and O–H groups in total. The van der Waals surface area contributed by atoms with Gasteiger partial charge in [-0.15, -0.1) is 0 Å². The Balaban J connectivity index is 2.63. The monoisotopic (exact) mass is 250 g/mol. The number of hydrogen-bond donors (Lipinski definition) is 3. The number of aliphatic hydroxyl groups excluding tert-OH is 2. The van der Waals surface area contributed by atoms with E-state index in [0.29, 0.717) is 5.69 Å². The van der Waals surface area contributed by atoms with E-state index in [0.717, 1.165) is 5.56 Å². The maximum absolute atomic E-state index is 11.8. The van der Waals surface area contributed by atoms with Gasteiger partial charge in [0.25, 0.3) is 0 Å². The molecule has 0 fully saturated rings. The molecule has 0 unspecified atom stereocenters. The molecule has 1 amide bonds. The number of amides is 1. The molecule has 1 aromatic rings. The first-order chi connectivity index (χ1) is 8.67. The highest BCUT2D eigenvalue weighted by atomic mass is 16.3. The van der Waals surface area contributed by atoms with E-state index in [2.05, 4.69) is 0 Å². The lowest BCUT2D eigenvalue weighted by molar-refractivity contribution is -0.126. The largest absolute Gasteiger partial charge is 0.399 e. The highest BCUT2D eigenvalue weighted by Gasteiger charge is 2.08. The van der Waals surface area contributed by atoms with Gasteiger partial charge in [-0.2, -0.15) is 0 Å². The van der Waals surface area contributed by atoms with Gasteiger partial charge >= 0.3 is 0 Å². The van der Waals surface area contributed by atoms with E-state index in [1.807, 2.05) is 12.1 Å². The molecule has 1 rings (SSSR count). The van der Waals surface area contributed by atoms with Crippen molar-refractivity contribution in [2.75, 3.05) is 32.0 Å². The molecule has 98 valence electrons. The van der Waals surface area contributed by atoms with Crippen molar-refractivity contribution >= 4 is 17.7 Å². The summed E-state index contributed by atoms with van der Waals surface area (Å²) in [5, 5.41) is 17.6. The molecule has 0 radical (unpaired) electrons. The fraction of sp³-hybridized carbons (Fsp3) is 0.308. The fourth-order valence-electron chi connectivity index (χ4n) is 1.45. The molecule has 0 saturated heterocycles. The summed E-state index contributed by atoms with van der Waals surface area (Å²) in [5.74, 6) is -0.241. The van der Waals surface area contributed by atoms with Crippen molar-refractivity contribution in [2.45, 2.75) is 0 Å². The fourth-order valence-corrected chi connectivity index (χ4v) is 1.45. The molecule has 18 heavy (non-hydrogen) atoms. The van der Waals surface area contributed by atoms with Crippen LogP contribution in [0.25, 0.3) is 6.08 Å². The van der Waals surface area contributed by atoms with Gasteiger partial charge in [0, 0.05) is 24.9 Å². The molecule has 5 nitrogen and oxygen atoms in total. The highest BCUT2D eigenvalue weighted by Crippen LogP contribution is 2.07. The number of benzene rings is 1. The predicted molar refractivity (Wildman–Crippen MR) is 70.6 cm³/mol. The summed E-state index contributed by atoms with van der Waals surface area (Å²) < 4.78 is 0. The average Bonchev–Trinajstić information content (AvgIpc) is 2.37. The quantitative estimate of drug-likeness (QED) is 0.493. The second-order valence-electron chi connectivity index (χ2n) is 3.77. The zero-order valence-corrected chi connectivity index (χ0v) is 10.1. The van der Waals surface area contributed by atoms with Crippen LogP contribution in [0, 0.1) is 0 Å². The maximum atomic E-state index is 11.8. The van der Waals surface area contributed by atoms with Crippen LogP contribution in [0.3, 0.4) is 0 Å². The second-order valence-corrected chi connectivity index (χ2v) is 3.77. The van der Waals surface area contributed by atoms with Crippen LogP contribution < -0.4 is 5.73 Å². The van der Waals surface area contributed by atoms with Crippen molar-refractivity contribution in [2.24, 2.45) is 0 Å².